The van der Waals surface area contributed by atoms with Gasteiger partial charge >= 0.3 is 12.0 Å². The van der Waals surface area contributed by atoms with Gasteiger partial charge in [0.2, 0.25) is 11.8 Å². The molecular formula is C10H15N3O6. The molecule has 2 unspecified atom stereocenters. The maximum absolute atomic E-state index is 11.8. The zero-order valence-corrected chi connectivity index (χ0v) is 10.3. The van der Waals surface area contributed by atoms with Crippen LogP contribution < -0.4 is 10.6 Å². The Labute approximate surface area is 108 Å². The van der Waals surface area contributed by atoms with Gasteiger partial charge in [-0.1, -0.05) is 6.92 Å². The molecule has 1 rings (SSSR count). The van der Waals surface area contributed by atoms with Crippen LogP contribution in [0.1, 0.15) is 13.3 Å². The number of hydrogen-bond donors (Lipinski definition) is 4. The van der Waals surface area contributed by atoms with Crippen LogP contribution in [-0.4, -0.2) is 64.2 Å². The van der Waals surface area contributed by atoms with Gasteiger partial charge in [0.1, 0.15) is 12.6 Å². The van der Waals surface area contributed by atoms with Gasteiger partial charge in [-0.05, 0) is 6.42 Å². The van der Waals surface area contributed by atoms with Gasteiger partial charge in [-0.15, -0.1) is 0 Å². The third-order valence-corrected chi connectivity index (χ3v) is 2.68. The summed E-state index contributed by atoms with van der Waals surface area (Å²) in [4.78, 5) is 46.2. The van der Waals surface area contributed by atoms with Crippen molar-refractivity contribution in [2.75, 3.05) is 13.2 Å². The van der Waals surface area contributed by atoms with Crippen molar-refractivity contribution in [2.24, 2.45) is 0 Å². The van der Waals surface area contributed by atoms with Gasteiger partial charge in [0.05, 0.1) is 6.61 Å². The molecule has 0 saturated carbocycles. The minimum Gasteiger partial charge on any atom is -0.480 e. The molecule has 1 saturated heterocycles. The van der Waals surface area contributed by atoms with Crippen LogP contribution in [0.3, 0.4) is 0 Å². The largest absolute Gasteiger partial charge is 0.480 e. The van der Waals surface area contributed by atoms with Gasteiger partial charge in [-0.3, -0.25) is 14.9 Å². The number of nitrogens with zero attached hydrogens (tertiary/aromatic N) is 1. The van der Waals surface area contributed by atoms with Crippen LogP contribution in [0.2, 0.25) is 0 Å². The highest BCUT2D eigenvalue weighted by molar-refractivity contribution is 6.04. The van der Waals surface area contributed by atoms with Crippen molar-refractivity contribution in [1.82, 2.24) is 15.5 Å². The van der Waals surface area contributed by atoms with Crippen LogP contribution in [0.25, 0.3) is 0 Å². The zero-order chi connectivity index (χ0) is 14.6. The summed E-state index contributed by atoms with van der Waals surface area (Å²) in [6, 6.07) is -3.20. The quantitative estimate of drug-likeness (QED) is 0.432. The molecule has 1 aliphatic rings. The van der Waals surface area contributed by atoms with Crippen LogP contribution in [0, 0.1) is 0 Å². The van der Waals surface area contributed by atoms with Gasteiger partial charge in [0.25, 0.3) is 0 Å². The first-order valence-corrected chi connectivity index (χ1v) is 5.65. The predicted octanol–water partition coefficient (Wildman–Crippen LogP) is -2.12. The Morgan fingerprint density at radius 1 is 1.53 bits per heavy atom. The maximum atomic E-state index is 11.8. The molecule has 4 amide bonds. The number of carboxylic acid groups (broad SMARTS) is 1. The smallest absolute Gasteiger partial charge is 0.328 e. The fourth-order valence-electron chi connectivity index (χ4n) is 1.70. The zero-order valence-electron chi connectivity index (χ0n) is 10.3. The number of carboxylic acids is 1. The Morgan fingerprint density at radius 3 is 2.63 bits per heavy atom. The van der Waals surface area contributed by atoms with Crippen LogP contribution in [-0.2, 0) is 14.4 Å². The summed E-state index contributed by atoms with van der Waals surface area (Å²) in [6.07, 6.45) is 0.281. The number of carbonyl (C=O) groups excluding carboxylic acids is 3. The Bertz CT molecular complexity index is 410. The number of rotatable bonds is 4. The lowest BCUT2D eigenvalue weighted by Gasteiger charge is -2.33. The number of aliphatic carboxylic acids is 1. The summed E-state index contributed by atoms with van der Waals surface area (Å²) >= 11 is 0. The minimum absolute atomic E-state index is 0.281. The van der Waals surface area contributed by atoms with Crippen molar-refractivity contribution in [2.45, 2.75) is 25.4 Å². The lowest BCUT2D eigenvalue weighted by atomic mass is 10.1. The van der Waals surface area contributed by atoms with E-state index in [0.717, 1.165) is 4.90 Å². The molecule has 2 atom stereocenters. The van der Waals surface area contributed by atoms with Crippen LogP contribution in [0.15, 0.2) is 0 Å². The second-order valence-electron chi connectivity index (χ2n) is 3.99. The van der Waals surface area contributed by atoms with E-state index >= 15 is 0 Å². The number of piperazine rings is 1. The summed E-state index contributed by atoms with van der Waals surface area (Å²) in [5.41, 5.74) is 0. The predicted molar refractivity (Wildman–Crippen MR) is 61.0 cm³/mol. The number of urea groups is 1. The highest BCUT2D eigenvalue weighted by Crippen LogP contribution is 2.09. The molecule has 9 nitrogen and oxygen atoms in total. The first-order chi connectivity index (χ1) is 8.90. The van der Waals surface area contributed by atoms with Gasteiger partial charge < -0.3 is 20.4 Å². The SMILES string of the molecule is CCC1C(=O)NC(=O)CN1C(=O)NC(CO)C(=O)O. The van der Waals surface area contributed by atoms with Gasteiger partial charge in [0, 0.05) is 0 Å². The Balaban J connectivity index is 2.80. The molecule has 0 aromatic heterocycles. The molecule has 1 heterocycles. The molecule has 9 heteroatoms. The summed E-state index contributed by atoms with van der Waals surface area (Å²) in [7, 11) is 0. The average Bonchev–Trinajstić information content (AvgIpc) is 2.34. The van der Waals surface area contributed by atoms with E-state index < -0.39 is 42.5 Å². The number of hydrogen-bond acceptors (Lipinski definition) is 5. The monoisotopic (exact) mass is 273 g/mol. The van der Waals surface area contributed by atoms with E-state index in [4.69, 9.17) is 10.2 Å². The average molecular weight is 273 g/mol. The van der Waals surface area contributed by atoms with Gasteiger partial charge in [-0.2, -0.15) is 0 Å². The fourth-order valence-corrected chi connectivity index (χ4v) is 1.70. The first-order valence-electron chi connectivity index (χ1n) is 5.65. The molecule has 4 N–H and O–H groups in total. The molecular weight excluding hydrogens is 258 g/mol. The molecule has 0 aliphatic carbocycles. The number of carbonyl (C=O) groups is 4. The third-order valence-electron chi connectivity index (χ3n) is 2.68. The summed E-state index contributed by atoms with van der Waals surface area (Å²) in [5.74, 6) is -2.65. The Hall–Kier alpha value is -2.16. The number of aliphatic hydroxyl groups excluding tert-OH is 1. The third kappa shape index (κ3) is 3.41. The second kappa shape index (κ2) is 6.14. The van der Waals surface area contributed by atoms with E-state index in [9.17, 15) is 19.2 Å². The van der Waals surface area contributed by atoms with E-state index in [1.165, 1.54) is 0 Å². The molecule has 106 valence electrons. The fraction of sp³-hybridized carbons (Fsp3) is 0.600. The molecule has 1 fully saturated rings. The van der Waals surface area contributed by atoms with E-state index in [0.29, 0.717) is 0 Å². The normalized spacial score (nSPS) is 20.7. The van der Waals surface area contributed by atoms with Crippen LogP contribution in [0.4, 0.5) is 4.79 Å². The van der Waals surface area contributed by atoms with E-state index in [1.807, 2.05) is 5.32 Å². The van der Waals surface area contributed by atoms with Gasteiger partial charge in [-0.25, -0.2) is 9.59 Å². The first kappa shape index (κ1) is 14.9. The highest BCUT2D eigenvalue weighted by atomic mass is 16.4. The van der Waals surface area contributed by atoms with E-state index in [2.05, 4.69) is 5.32 Å². The Morgan fingerprint density at radius 2 is 2.16 bits per heavy atom. The van der Waals surface area contributed by atoms with E-state index in [1.54, 1.807) is 6.92 Å². The number of imide groups is 1. The molecule has 19 heavy (non-hydrogen) atoms. The molecule has 0 aromatic carbocycles. The topological polar surface area (TPSA) is 136 Å². The minimum atomic E-state index is -1.48. The lowest BCUT2D eigenvalue weighted by Crippen LogP contribution is -2.63. The number of amides is 4. The van der Waals surface area contributed by atoms with Crippen LogP contribution in [0.5, 0.6) is 0 Å². The second-order valence-corrected chi connectivity index (χ2v) is 3.99. The lowest BCUT2D eigenvalue weighted by molar-refractivity contribution is -0.140. The molecule has 0 spiro atoms. The highest BCUT2D eigenvalue weighted by Gasteiger charge is 2.36. The van der Waals surface area contributed by atoms with Crippen molar-refractivity contribution in [3.8, 4) is 0 Å². The van der Waals surface area contributed by atoms with Crippen molar-refractivity contribution >= 4 is 23.8 Å². The molecule has 1 aliphatic heterocycles. The molecule has 0 aromatic rings. The number of aliphatic hydroxyl groups is 1. The van der Waals surface area contributed by atoms with Crippen molar-refractivity contribution < 1.29 is 29.4 Å². The van der Waals surface area contributed by atoms with E-state index in [-0.39, 0.29) is 13.0 Å². The maximum Gasteiger partial charge on any atom is 0.328 e. The van der Waals surface area contributed by atoms with Gasteiger partial charge in [0.15, 0.2) is 6.04 Å². The van der Waals surface area contributed by atoms with Crippen LogP contribution >= 0.6 is 0 Å². The Kier molecular flexibility index (Phi) is 4.81. The molecule has 0 radical (unpaired) electrons. The van der Waals surface area contributed by atoms with Crippen molar-refractivity contribution in [1.29, 1.82) is 0 Å². The van der Waals surface area contributed by atoms with Crippen molar-refractivity contribution in [3.05, 3.63) is 0 Å². The number of nitrogens with one attached hydrogen (secondary N) is 2. The summed E-state index contributed by atoms with van der Waals surface area (Å²) < 4.78 is 0. The summed E-state index contributed by atoms with van der Waals surface area (Å²) in [5, 5.41) is 21.7. The van der Waals surface area contributed by atoms with Crippen molar-refractivity contribution in [3.63, 3.8) is 0 Å². The standard InChI is InChI=1S/C10H15N3O6/c1-2-6-8(16)12-7(15)3-13(6)10(19)11-5(4-14)9(17)18/h5-6,14H,2-4H2,1H3,(H,11,19)(H,17,18)(H,12,15,16). The summed E-state index contributed by atoms with van der Waals surface area (Å²) in [6.45, 7) is 0.529. The molecule has 0 bridgehead atoms.